The third-order valence-corrected chi connectivity index (χ3v) is 4.84. The minimum atomic E-state index is -2.94. The van der Waals surface area contributed by atoms with E-state index in [1.54, 1.807) is 0 Å². The largest absolute Gasteiger partial charge is 0.374 e. The number of benzene rings is 1. The molecule has 0 saturated heterocycles. The molecular weight excluding hydrogens is 350 g/mol. The van der Waals surface area contributed by atoms with Gasteiger partial charge in [-0.05, 0) is 39.2 Å². The first-order chi connectivity index (χ1) is 12.3. The van der Waals surface area contributed by atoms with Gasteiger partial charge in [-0.15, -0.1) is 0 Å². The Balaban J connectivity index is 2.34. The van der Waals surface area contributed by atoms with E-state index >= 15 is 0 Å². The summed E-state index contributed by atoms with van der Waals surface area (Å²) in [6, 6.07) is 10.2. The Hall–Kier alpha value is -1.60. The minimum absolute atomic E-state index is 0.0388. The van der Waals surface area contributed by atoms with Crippen molar-refractivity contribution >= 4 is 15.8 Å². The number of aliphatic imine (C=N–C) groups is 1. The molecule has 148 valence electrons. The molecule has 0 aromatic heterocycles. The molecule has 1 aromatic rings. The van der Waals surface area contributed by atoms with Crippen molar-refractivity contribution in [1.82, 2.24) is 10.6 Å². The highest BCUT2D eigenvalue weighted by molar-refractivity contribution is 7.90. The van der Waals surface area contributed by atoms with Crippen LogP contribution in [0.3, 0.4) is 0 Å². The second-order valence-corrected chi connectivity index (χ2v) is 8.76. The summed E-state index contributed by atoms with van der Waals surface area (Å²) in [5.41, 5.74) is 1.17. The molecule has 2 unspecified atom stereocenters. The predicted octanol–water partition coefficient (Wildman–Crippen LogP) is 2.53. The number of rotatable bonds is 11. The van der Waals surface area contributed by atoms with Gasteiger partial charge in [-0.3, -0.25) is 4.99 Å². The topological polar surface area (TPSA) is 79.8 Å². The van der Waals surface area contributed by atoms with Crippen LogP contribution < -0.4 is 10.6 Å². The summed E-state index contributed by atoms with van der Waals surface area (Å²) < 4.78 is 28.4. The van der Waals surface area contributed by atoms with Crippen molar-refractivity contribution in [3.63, 3.8) is 0 Å². The minimum Gasteiger partial charge on any atom is -0.374 e. The van der Waals surface area contributed by atoms with E-state index in [4.69, 9.17) is 4.74 Å². The number of nitrogens with one attached hydrogen (secondary N) is 2. The van der Waals surface area contributed by atoms with Crippen LogP contribution in [-0.2, 0) is 14.6 Å². The summed E-state index contributed by atoms with van der Waals surface area (Å²) in [4.78, 5) is 4.53. The maximum atomic E-state index is 11.3. The van der Waals surface area contributed by atoms with Crippen LogP contribution in [0.4, 0.5) is 0 Å². The first-order valence-corrected chi connectivity index (χ1v) is 11.3. The summed E-state index contributed by atoms with van der Waals surface area (Å²) in [6.45, 7) is 8.06. The van der Waals surface area contributed by atoms with Gasteiger partial charge in [0, 0.05) is 32.0 Å². The molecule has 0 heterocycles. The van der Waals surface area contributed by atoms with Gasteiger partial charge in [0.25, 0.3) is 0 Å². The van der Waals surface area contributed by atoms with Crippen LogP contribution in [0.1, 0.15) is 45.3 Å². The molecule has 2 N–H and O–H groups in total. The molecule has 1 aromatic carbocycles. The molecule has 0 spiro atoms. The smallest absolute Gasteiger partial charge is 0.191 e. The van der Waals surface area contributed by atoms with Crippen LogP contribution in [-0.4, -0.2) is 52.1 Å². The normalized spacial score (nSPS) is 14.7. The van der Waals surface area contributed by atoms with E-state index in [0.29, 0.717) is 25.5 Å². The number of sulfone groups is 1. The molecule has 0 aliphatic heterocycles. The first-order valence-electron chi connectivity index (χ1n) is 9.21. The Morgan fingerprint density at radius 2 is 1.92 bits per heavy atom. The summed E-state index contributed by atoms with van der Waals surface area (Å²) >= 11 is 0. The number of ether oxygens (including phenoxy) is 1. The zero-order valence-corrected chi connectivity index (χ0v) is 17.2. The maximum Gasteiger partial charge on any atom is 0.191 e. The number of guanidine groups is 1. The Labute approximate surface area is 158 Å². The molecule has 0 radical (unpaired) electrons. The summed E-state index contributed by atoms with van der Waals surface area (Å²) in [5, 5.41) is 6.43. The van der Waals surface area contributed by atoms with Gasteiger partial charge in [0.1, 0.15) is 9.84 Å². The highest BCUT2D eigenvalue weighted by Crippen LogP contribution is 2.15. The summed E-state index contributed by atoms with van der Waals surface area (Å²) in [5.74, 6) is 0.885. The van der Waals surface area contributed by atoms with Gasteiger partial charge in [-0.25, -0.2) is 8.42 Å². The van der Waals surface area contributed by atoms with E-state index in [1.807, 2.05) is 39.0 Å². The van der Waals surface area contributed by atoms with Crippen LogP contribution in [0.2, 0.25) is 0 Å². The molecule has 1 rings (SSSR count). The molecule has 0 aliphatic rings. The Morgan fingerprint density at radius 3 is 2.54 bits per heavy atom. The van der Waals surface area contributed by atoms with Gasteiger partial charge in [0.2, 0.25) is 0 Å². The SMILES string of the molecule is CCNC(=NCCCOC(C)c1ccccc1)NC(C)CCS(C)(=O)=O. The van der Waals surface area contributed by atoms with Crippen LogP contribution >= 0.6 is 0 Å². The van der Waals surface area contributed by atoms with Crippen molar-refractivity contribution in [3.8, 4) is 0 Å². The quantitative estimate of drug-likeness (QED) is 0.349. The van der Waals surface area contributed by atoms with E-state index in [1.165, 1.54) is 11.8 Å². The molecular formula is C19H33N3O3S. The van der Waals surface area contributed by atoms with Gasteiger partial charge in [-0.2, -0.15) is 0 Å². The van der Waals surface area contributed by atoms with Crippen LogP contribution in [0.15, 0.2) is 35.3 Å². The van der Waals surface area contributed by atoms with E-state index in [-0.39, 0.29) is 17.9 Å². The monoisotopic (exact) mass is 383 g/mol. The van der Waals surface area contributed by atoms with Crippen molar-refractivity contribution in [2.45, 2.75) is 45.8 Å². The predicted molar refractivity (Wildman–Crippen MR) is 108 cm³/mol. The lowest BCUT2D eigenvalue weighted by atomic mass is 10.1. The summed E-state index contributed by atoms with van der Waals surface area (Å²) in [7, 11) is -2.94. The summed E-state index contributed by atoms with van der Waals surface area (Å²) in [6.07, 6.45) is 2.71. The van der Waals surface area contributed by atoms with E-state index in [0.717, 1.165) is 13.0 Å². The molecule has 0 saturated carbocycles. The van der Waals surface area contributed by atoms with Gasteiger partial charge >= 0.3 is 0 Å². The average Bonchev–Trinajstić information content (AvgIpc) is 2.60. The van der Waals surface area contributed by atoms with Crippen LogP contribution in [0.5, 0.6) is 0 Å². The third kappa shape index (κ3) is 10.4. The fourth-order valence-electron chi connectivity index (χ4n) is 2.35. The molecule has 0 amide bonds. The lowest BCUT2D eigenvalue weighted by Crippen LogP contribution is -2.43. The third-order valence-electron chi connectivity index (χ3n) is 3.86. The Morgan fingerprint density at radius 1 is 1.23 bits per heavy atom. The van der Waals surface area contributed by atoms with Crippen LogP contribution in [0, 0.1) is 0 Å². The fourth-order valence-corrected chi connectivity index (χ4v) is 3.13. The average molecular weight is 384 g/mol. The zero-order chi connectivity index (χ0) is 19.4. The Bertz CT molecular complexity index is 633. The van der Waals surface area contributed by atoms with Gasteiger partial charge in [0.05, 0.1) is 11.9 Å². The van der Waals surface area contributed by atoms with Crippen molar-refractivity contribution in [1.29, 1.82) is 0 Å². The lowest BCUT2D eigenvalue weighted by Gasteiger charge is -2.17. The van der Waals surface area contributed by atoms with E-state index in [2.05, 4.69) is 27.8 Å². The zero-order valence-electron chi connectivity index (χ0n) is 16.4. The molecule has 6 nitrogen and oxygen atoms in total. The standard InChI is InChI=1S/C19H33N3O3S/c1-5-20-19(22-16(2)12-15-26(4,23)24)21-13-9-14-25-17(3)18-10-7-6-8-11-18/h6-8,10-11,16-17H,5,9,12-15H2,1-4H3,(H2,20,21,22). The maximum absolute atomic E-state index is 11.3. The van der Waals surface area contributed by atoms with Gasteiger partial charge < -0.3 is 15.4 Å². The molecule has 0 bridgehead atoms. The highest BCUT2D eigenvalue weighted by atomic mass is 32.2. The van der Waals surface area contributed by atoms with Crippen molar-refractivity contribution in [3.05, 3.63) is 35.9 Å². The van der Waals surface area contributed by atoms with Crippen molar-refractivity contribution < 1.29 is 13.2 Å². The van der Waals surface area contributed by atoms with Crippen LogP contribution in [0.25, 0.3) is 0 Å². The fraction of sp³-hybridized carbons (Fsp3) is 0.632. The van der Waals surface area contributed by atoms with Crippen molar-refractivity contribution in [2.75, 3.05) is 31.7 Å². The number of hydrogen-bond acceptors (Lipinski definition) is 4. The lowest BCUT2D eigenvalue weighted by molar-refractivity contribution is 0.0652. The van der Waals surface area contributed by atoms with Gasteiger partial charge in [-0.1, -0.05) is 30.3 Å². The van der Waals surface area contributed by atoms with Gasteiger partial charge in [0.15, 0.2) is 5.96 Å². The molecule has 7 heteroatoms. The molecule has 2 atom stereocenters. The Kier molecular flexibility index (Phi) is 10.3. The number of hydrogen-bond donors (Lipinski definition) is 2. The second-order valence-electron chi connectivity index (χ2n) is 6.50. The molecule has 0 aliphatic carbocycles. The second kappa shape index (κ2) is 11.9. The van der Waals surface area contributed by atoms with E-state index < -0.39 is 9.84 Å². The number of nitrogens with zero attached hydrogens (tertiary/aromatic N) is 1. The molecule has 26 heavy (non-hydrogen) atoms. The molecule has 0 fully saturated rings. The van der Waals surface area contributed by atoms with E-state index in [9.17, 15) is 8.42 Å². The first kappa shape index (κ1) is 22.4. The highest BCUT2D eigenvalue weighted by Gasteiger charge is 2.09. The van der Waals surface area contributed by atoms with Crippen molar-refractivity contribution in [2.24, 2.45) is 4.99 Å².